The van der Waals surface area contributed by atoms with Gasteiger partial charge in [-0.2, -0.15) is 0 Å². The van der Waals surface area contributed by atoms with Crippen molar-refractivity contribution in [1.82, 2.24) is 20.1 Å². The number of H-pyrrole nitrogens is 1. The zero-order valence-electron chi connectivity index (χ0n) is 15.9. The summed E-state index contributed by atoms with van der Waals surface area (Å²) in [5, 5.41) is 4.33. The Labute approximate surface area is 150 Å². The number of nitrogens with one attached hydrogen (secondary N) is 2. The quantitative estimate of drug-likeness (QED) is 0.847. The van der Waals surface area contributed by atoms with Crippen molar-refractivity contribution >= 4 is 16.8 Å². The number of hydrogen-bond acceptors (Lipinski definition) is 3. The van der Waals surface area contributed by atoms with Gasteiger partial charge in [0.25, 0.3) is 0 Å². The molecule has 1 fully saturated rings. The van der Waals surface area contributed by atoms with Crippen LogP contribution in [-0.4, -0.2) is 60.5 Å². The molecule has 136 valence electrons. The Balaban J connectivity index is 1.55. The van der Waals surface area contributed by atoms with Crippen LogP contribution >= 0.6 is 0 Å². The van der Waals surface area contributed by atoms with Gasteiger partial charge in [0.15, 0.2) is 0 Å². The fourth-order valence-corrected chi connectivity index (χ4v) is 3.73. The average molecular weight is 342 g/mol. The van der Waals surface area contributed by atoms with Gasteiger partial charge in [-0.3, -0.25) is 9.69 Å². The second-order valence-electron chi connectivity index (χ2n) is 7.38. The third-order valence-corrected chi connectivity index (χ3v) is 5.41. The van der Waals surface area contributed by atoms with E-state index in [1.54, 1.807) is 0 Å². The monoisotopic (exact) mass is 342 g/mol. The van der Waals surface area contributed by atoms with Crippen molar-refractivity contribution in [3.8, 4) is 0 Å². The summed E-state index contributed by atoms with van der Waals surface area (Å²) >= 11 is 0. The predicted octanol–water partition coefficient (Wildman–Crippen LogP) is 2.29. The van der Waals surface area contributed by atoms with Gasteiger partial charge in [-0.15, -0.1) is 0 Å². The topological polar surface area (TPSA) is 51.4 Å². The van der Waals surface area contributed by atoms with Crippen molar-refractivity contribution in [1.29, 1.82) is 0 Å². The van der Waals surface area contributed by atoms with E-state index in [2.05, 4.69) is 66.2 Å². The molecule has 2 N–H and O–H groups in total. The fraction of sp³-hybridized carbons (Fsp3) is 0.550. The highest BCUT2D eigenvalue weighted by molar-refractivity contribution is 5.85. The second kappa shape index (κ2) is 7.58. The number of aromatic amines is 1. The molecule has 0 radical (unpaired) electrons. The molecule has 1 aliphatic heterocycles. The Hall–Kier alpha value is -1.85. The highest BCUT2D eigenvalue weighted by Gasteiger charge is 2.25. The van der Waals surface area contributed by atoms with Crippen molar-refractivity contribution in [2.75, 3.05) is 33.7 Å². The van der Waals surface area contributed by atoms with Gasteiger partial charge >= 0.3 is 0 Å². The van der Waals surface area contributed by atoms with Crippen LogP contribution in [0.4, 0.5) is 0 Å². The molecule has 2 aromatic rings. The largest absolute Gasteiger partial charge is 0.358 e. The number of fused-ring (bicyclic) bond motifs is 1. The van der Waals surface area contributed by atoms with Crippen molar-refractivity contribution in [2.24, 2.45) is 0 Å². The van der Waals surface area contributed by atoms with Gasteiger partial charge in [0.05, 0.1) is 6.54 Å². The summed E-state index contributed by atoms with van der Waals surface area (Å²) in [5.41, 5.74) is 4.94. The van der Waals surface area contributed by atoms with Crippen LogP contribution in [0.25, 0.3) is 10.9 Å². The predicted molar refractivity (Wildman–Crippen MR) is 103 cm³/mol. The Morgan fingerprint density at radius 2 is 2.20 bits per heavy atom. The Bertz CT molecular complexity index is 749. The standard InChI is InChI=1S/C20H30N4O/c1-5-18-14(2)17-10-15(6-7-19(17)22-18)11-21-20(25)13-24-9-8-16(12-24)23(3)4/h6-7,10,16,22H,5,8-9,11-13H2,1-4H3,(H,21,25)/t16-/m0/s1. The molecule has 5 nitrogen and oxygen atoms in total. The zero-order chi connectivity index (χ0) is 18.0. The Kier molecular flexibility index (Phi) is 5.45. The molecule has 0 saturated carbocycles. The molecule has 1 aliphatic rings. The molecule has 0 aliphatic carbocycles. The molecule has 1 amide bonds. The first kappa shape index (κ1) is 18.0. The van der Waals surface area contributed by atoms with E-state index < -0.39 is 0 Å². The number of hydrogen-bond donors (Lipinski definition) is 2. The molecular weight excluding hydrogens is 312 g/mol. The third-order valence-electron chi connectivity index (χ3n) is 5.41. The van der Waals surface area contributed by atoms with Gasteiger partial charge < -0.3 is 15.2 Å². The minimum atomic E-state index is 0.111. The van der Waals surface area contributed by atoms with Gasteiger partial charge in [-0.05, 0) is 57.1 Å². The first-order valence-corrected chi connectivity index (χ1v) is 9.23. The number of rotatable bonds is 6. The van der Waals surface area contributed by atoms with Gasteiger partial charge in [-0.1, -0.05) is 13.0 Å². The van der Waals surface area contributed by atoms with Crippen LogP contribution in [0.1, 0.15) is 30.2 Å². The summed E-state index contributed by atoms with van der Waals surface area (Å²) in [5.74, 6) is 0.111. The highest BCUT2D eigenvalue weighted by atomic mass is 16.2. The number of benzene rings is 1. The first-order valence-electron chi connectivity index (χ1n) is 9.23. The first-order chi connectivity index (χ1) is 12.0. The summed E-state index contributed by atoms with van der Waals surface area (Å²) in [4.78, 5) is 20.2. The van der Waals surface area contributed by atoms with E-state index in [0.29, 0.717) is 19.1 Å². The van der Waals surface area contributed by atoms with E-state index in [0.717, 1.165) is 31.5 Å². The number of likely N-dealkylation sites (tertiary alicyclic amines) is 1. The summed E-state index contributed by atoms with van der Waals surface area (Å²) in [6.07, 6.45) is 2.15. The van der Waals surface area contributed by atoms with Crippen molar-refractivity contribution in [2.45, 2.75) is 39.3 Å². The van der Waals surface area contributed by atoms with Crippen LogP contribution in [0.15, 0.2) is 18.2 Å². The molecule has 3 rings (SSSR count). The van der Waals surface area contributed by atoms with Crippen LogP contribution in [-0.2, 0) is 17.8 Å². The molecule has 1 atom stereocenters. The van der Waals surface area contributed by atoms with Crippen molar-refractivity contribution in [3.05, 3.63) is 35.0 Å². The lowest BCUT2D eigenvalue weighted by Crippen LogP contribution is -2.38. The van der Waals surface area contributed by atoms with Crippen molar-refractivity contribution < 1.29 is 4.79 Å². The third kappa shape index (κ3) is 4.05. The molecule has 5 heteroatoms. The summed E-state index contributed by atoms with van der Waals surface area (Å²) < 4.78 is 0. The second-order valence-corrected chi connectivity index (χ2v) is 7.38. The van der Waals surface area contributed by atoms with Gasteiger partial charge in [0.1, 0.15) is 0 Å². The maximum atomic E-state index is 12.3. The summed E-state index contributed by atoms with van der Waals surface area (Å²) in [6.45, 7) is 7.40. The van der Waals surface area contributed by atoms with Crippen LogP contribution in [0.2, 0.25) is 0 Å². The lowest BCUT2D eigenvalue weighted by Gasteiger charge is -2.20. The van der Waals surface area contributed by atoms with E-state index in [1.807, 2.05) is 0 Å². The SMILES string of the molecule is CCc1[nH]c2ccc(CNC(=O)CN3CC[C@H](N(C)C)C3)cc2c1C. The molecule has 1 saturated heterocycles. The molecule has 2 heterocycles. The molecule has 1 aromatic carbocycles. The number of aryl methyl sites for hydroxylation is 2. The lowest BCUT2D eigenvalue weighted by molar-refractivity contribution is -0.122. The molecule has 1 aromatic heterocycles. The number of nitrogens with zero attached hydrogens (tertiary/aromatic N) is 2. The van der Waals surface area contributed by atoms with Crippen LogP contribution in [0, 0.1) is 6.92 Å². The fourth-order valence-electron chi connectivity index (χ4n) is 3.73. The maximum absolute atomic E-state index is 12.3. The van der Waals surface area contributed by atoms with Gasteiger partial charge in [0, 0.05) is 42.3 Å². The van der Waals surface area contributed by atoms with E-state index in [1.165, 1.54) is 22.2 Å². The summed E-state index contributed by atoms with van der Waals surface area (Å²) in [7, 11) is 4.22. The van der Waals surface area contributed by atoms with Gasteiger partial charge in [-0.25, -0.2) is 0 Å². The molecule has 25 heavy (non-hydrogen) atoms. The normalized spacial score (nSPS) is 18.4. The zero-order valence-corrected chi connectivity index (χ0v) is 15.9. The Morgan fingerprint density at radius 3 is 2.88 bits per heavy atom. The van der Waals surface area contributed by atoms with Crippen LogP contribution in [0.3, 0.4) is 0 Å². The molecule has 0 unspecified atom stereocenters. The van der Waals surface area contributed by atoms with Crippen LogP contribution in [0.5, 0.6) is 0 Å². The van der Waals surface area contributed by atoms with E-state index in [-0.39, 0.29) is 5.91 Å². The Morgan fingerprint density at radius 1 is 1.40 bits per heavy atom. The molecule has 0 bridgehead atoms. The minimum Gasteiger partial charge on any atom is -0.358 e. The van der Waals surface area contributed by atoms with Gasteiger partial charge in [0.2, 0.25) is 5.91 Å². The highest BCUT2D eigenvalue weighted by Crippen LogP contribution is 2.23. The summed E-state index contributed by atoms with van der Waals surface area (Å²) in [6, 6.07) is 6.97. The smallest absolute Gasteiger partial charge is 0.234 e. The molecule has 0 spiro atoms. The number of carbonyl (C=O) groups is 1. The maximum Gasteiger partial charge on any atom is 0.234 e. The van der Waals surface area contributed by atoms with Crippen LogP contribution < -0.4 is 5.32 Å². The number of amides is 1. The van der Waals surface area contributed by atoms with E-state index >= 15 is 0 Å². The van der Waals surface area contributed by atoms with Crippen molar-refractivity contribution in [3.63, 3.8) is 0 Å². The average Bonchev–Trinajstić information content (AvgIpc) is 3.18. The van der Waals surface area contributed by atoms with E-state index in [9.17, 15) is 4.79 Å². The number of aromatic nitrogens is 1. The number of likely N-dealkylation sites (N-methyl/N-ethyl adjacent to an activating group) is 1. The minimum absolute atomic E-state index is 0.111. The number of carbonyl (C=O) groups excluding carboxylic acids is 1. The van der Waals surface area contributed by atoms with E-state index in [4.69, 9.17) is 0 Å². The molecular formula is C20H30N4O. The lowest BCUT2D eigenvalue weighted by atomic mass is 10.1.